The fraction of sp³-hybridized carbons (Fsp3) is 0. The van der Waals surface area contributed by atoms with Crippen molar-refractivity contribution < 1.29 is 4.57 Å². The Hall–Kier alpha value is -7.20. The second-order valence-corrected chi connectivity index (χ2v) is 17.0. The lowest BCUT2D eigenvalue weighted by atomic mass is 10.0. The van der Waals surface area contributed by atoms with Crippen LogP contribution in [0.15, 0.2) is 200 Å². The van der Waals surface area contributed by atoms with E-state index < -0.39 is 7.14 Å². The normalized spacial score (nSPS) is 14.5. The fourth-order valence-electron chi connectivity index (χ4n) is 8.39. The van der Waals surface area contributed by atoms with Gasteiger partial charge in [0, 0.05) is 32.5 Å². The zero-order chi connectivity index (χ0) is 37.9. The molecule has 0 saturated carbocycles. The van der Waals surface area contributed by atoms with Gasteiger partial charge in [0.15, 0.2) is 18.8 Å². The van der Waals surface area contributed by atoms with Gasteiger partial charge in [-0.25, -0.2) is 4.98 Å². The monoisotopic (exact) mass is 748 g/mol. The zero-order valence-electron chi connectivity index (χ0n) is 30.7. The van der Waals surface area contributed by atoms with Crippen LogP contribution in [0.2, 0.25) is 0 Å². The Balaban J connectivity index is 1.19. The van der Waals surface area contributed by atoms with Gasteiger partial charge in [0.2, 0.25) is 5.95 Å². The molecule has 0 amide bonds. The lowest BCUT2D eigenvalue weighted by Gasteiger charge is -2.18. The molecule has 10 aromatic rings. The van der Waals surface area contributed by atoms with Gasteiger partial charge in [0.25, 0.3) is 0 Å². The van der Waals surface area contributed by atoms with Crippen molar-refractivity contribution in [1.29, 1.82) is 0 Å². The third-order valence-corrected chi connectivity index (χ3v) is 14.3. The molecule has 57 heavy (non-hydrogen) atoms. The van der Waals surface area contributed by atoms with Crippen LogP contribution in [0.25, 0.3) is 83.9 Å². The molecule has 11 rings (SSSR count). The maximum atomic E-state index is 16.1. The summed E-state index contributed by atoms with van der Waals surface area (Å²) in [6.45, 7) is 0. The van der Waals surface area contributed by atoms with Crippen molar-refractivity contribution in [3.05, 3.63) is 200 Å². The van der Waals surface area contributed by atoms with Gasteiger partial charge in [-0.3, -0.25) is 4.57 Å². The second kappa shape index (κ2) is 13.2. The Bertz CT molecular complexity index is 3080. The molecule has 0 N–H and O–H groups in total. The number of nitrogens with zero attached hydrogens (tertiary/aromatic N) is 4. The van der Waals surface area contributed by atoms with Crippen molar-refractivity contribution in [2.24, 2.45) is 0 Å². The highest BCUT2D eigenvalue weighted by molar-refractivity contribution is 7.86. The highest BCUT2D eigenvalue weighted by atomic mass is 31.2. The van der Waals surface area contributed by atoms with E-state index in [9.17, 15) is 0 Å². The number of para-hydroxylation sites is 1. The van der Waals surface area contributed by atoms with Crippen molar-refractivity contribution in [2.75, 3.05) is 0 Å². The molecule has 0 spiro atoms. The fourth-order valence-corrected chi connectivity index (χ4v) is 11.6. The first kappa shape index (κ1) is 33.2. The summed E-state index contributed by atoms with van der Waals surface area (Å²) in [5.41, 5.74) is 9.98. The molecule has 0 saturated heterocycles. The van der Waals surface area contributed by atoms with Gasteiger partial charge in [-0.05, 0) is 39.4 Å². The first-order valence-corrected chi connectivity index (χ1v) is 20.8. The van der Waals surface area contributed by atoms with Gasteiger partial charge in [-0.1, -0.05) is 194 Å². The van der Waals surface area contributed by atoms with E-state index in [-0.39, 0.29) is 0 Å². The van der Waals surface area contributed by atoms with E-state index in [4.69, 9.17) is 15.0 Å². The smallest absolute Gasteiger partial charge is 0.238 e. The van der Waals surface area contributed by atoms with Crippen LogP contribution < -0.4 is 15.9 Å². The summed E-state index contributed by atoms with van der Waals surface area (Å²) < 4.78 is 18.3. The number of fused-ring (bicyclic) bond motifs is 7. The number of hydrogen-bond donors (Lipinski definition) is 0. The molecule has 1 aliphatic rings. The highest BCUT2D eigenvalue weighted by Crippen LogP contribution is 2.54. The SMILES string of the molecule is O=P1(c2ccccc2)c2ccccc2-c2ccc3c4ccccc4n(-c4nc(-c5ccc(-c6ccccc6)cc5)nc(-c5ccc(-c6ccccc6)cc5)n4)c3c21. The molecule has 1 atom stereocenters. The Labute approximate surface area is 330 Å². The van der Waals surface area contributed by atoms with Crippen LogP contribution in [0, 0.1) is 0 Å². The predicted octanol–water partition coefficient (Wildman–Crippen LogP) is 11.3. The average molecular weight is 749 g/mol. The van der Waals surface area contributed by atoms with E-state index >= 15 is 4.57 Å². The van der Waals surface area contributed by atoms with Crippen LogP contribution >= 0.6 is 7.14 Å². The van der Waals surface area contributed by atoms with E-state index in [1.165, 1.54) is 0 Å². The maximum absolute atomic E-state index is 16.1. The summed E-state index contributed by atoms with van der Waals surface area (Å²) in [7, 11) is -3.35. The molecule has 0 bridgehead atoms. The number of rotatable bonds is 6. The van der Waals surface area contributed by atoms with E-state index in [1.807, 2.05) is 66.7 Å². The van der Waals surface area contributed by atoms with Crippen molar-refractivity contribution >= 4 is 44.9 Å². The van der Waals surface area contributed by atoms with Crippen molar-refractivity contribution in [1.82, 2.24) is 19.5 Å². The minimum absolute atomic E-state index is 0.462. The van der Waals surface area contributed by atoms with Crippen LogP contribution in [-0.4, -0.2) is 19.5 Å². The van der Waals surface area contributed by atoms with Gasteiger partial charge in [-0.15, -0.1) is 0 Å². The van der Waals surface area contributed by atoms with Gasteiger partial charge in [-0.2, -0.15) is 9.97 Å². The van der Waals surface area contributed by atoms with Crippen LogP contribution in [0.3, 0.4) is 0 Å². The molecule has 3 heterocycles. The summed E-state index contributed by atoms with van der Waals surface area (Å²) in [4.78, 5) is 15.7. The molecule has 1 unspecified atom stereocenters. The zero-order valence-corrected chi connectivity index (χ0v) is 31.6. The number of hydrogen-bond acceptors (Lipinski definition) is 4. The van der Waals surface area contributed by atoms with E-state index in [0.717, 1.165) is 82.2 Å². The number of aromatic nitrogens is 4. The third-order valence-electron chi connectivity index (χ3n) is 11.1. The summed E-state index contributed by atoms with van der Waals surface area (Å²) in [5.74, 6) is 1.56. The van der Waals surface area contributed by atoms with Crippen molar-refractivity contribution in [3.63, 3.8) is 0 Å². The molecule has 0 aliphatic carbocycles. The summed E-state index contributed by atoms with van der Waals surface area (Å²) in [6, 6.07) is 68.1. The van der Waals surface area contributed by atoms with E-state index in [1.54, 1.807) is 0 Å². The van der Waals surface area contributed by atoms with Crippen molar-refractivity contribution in [2.45, 2.75) is 0 Å². The van der Waals surface area contributed by atoms with Gasteiger partial charge in [0.1, 0.15) is 0 Å². The first-order valence-electron chi connectivity index (χ1n) is 19.1. The molecule has 2 aromatic heterocycles. The Morgan fingerprint density at radius 2 is 0.877 bits per heavy atom. The molecular formula is C51H33N4OP. The number of benzene rings is 8. The van der Waals surface area contributed by atoms with Gasteiger partial charge < -0.3 is 4.57 Å². The van der Waals surface area contributed by atoms with E-state index in [2.05, 4.69) is 138 Å². The lowest BCUT2D eigenvalue weighted by Crippen LogP contribution is -2.22. The third kappa shape index (κ3) is 5.32. The molecular weight excluding hydrogens is 716 g/mol. The van der Waals surface area contributed by atoms with Crippen LogP contribution in [-0.2, 0) is 4.57 Å². The lowest BCUT2D eigenvalue weighted by molar-refractivity contribution is 0.593. The van der Waals surface area contributed by atoms with Crippen LogP contribution in [0.4, 0.5) is 0 Å². The minimum atomic E-state index is -3.35. The molecule has 8 aromatic carbocycles. The van der Waals surface area contributed by atoms with Crippen LogP contribution in [0.1, 0.15) is 0 Å². The molecule has 268 valence electrons. The second-order valence-electron chi connectivity index (χ2n) is 14.3. The molecule has 1 aliphatic heterocycles. The summed E-state index contributed by atoms with van der Waals surface area (Å²) in [5, 5.41) is 4.50. The maximum Gasteiger partial charge on any atom is 0.238 e. The Morgan fingerprint density at radius 1 is 0.386 bits per heavy atom. The molecule has 5 nitrogen and oxygen atoms in total. The highest BCUT2D eigenvalue weighted by Gasteiger charge is 2.43. The predicted molar refractivity (Wildman–Crippen MR) is 234 cm³/mol. The largest absolute Gasteiger partial charge is 0.309 e. The van der Waals surface area contributed by atoms with E-state index in [0.29, 0.717) is 17.6 Å². The van der Waals surface area contributed by atoms with Crippen molar-refractivity contribution in [3.8, 4) is 62.1 Å². The standard InChI is InChI=1S/C51H33N4OP/c56-57(40-18-8-3-9-19-40)46-23-13-11-21-42(46)44-33-32-43-41-20-10-12-22-45(41)55(47(43)48(44)57)51-53-49(38-28-24-36(25-29-38)34-14-4-1-5-15-34)52-50(54-51)39-30-26-37(27-31-39)35-16-6-2-7-17-35/h1-33H. The minimum Gasteiger partial charge on any atom is -0.309 e. The van der Waals surface area contributed by atoms with Crippen LogP contribution in [0.5, 0.6) is 0 Å². The summed E-state index contributed by atoms with van der Waals surface area (Å²) in [6.07, 6.45) is 0. The van der Waals surface area contributed by atoms with Gasteiger partial charge in [0.05, 0.1) is 16.3 Å². The average Bonchev–Trinajstić information content (AvgIpc) is 3.77. The molecule has 0 fully saturated rings. The molecule has 6 heteroatoms. The topological polar surface area (TPSA) is 60.7 Å². The molecule has 0 radical (unpaired) electrons. The first-order chi connectivity index (χ1) is 28.1. The quantitative estimate of drug-likeness (QED) is 0.159. The Kier molecular flexibility index (Phi) is 7.70. The Morgan fingerprint density at radius 3 is 1.49 bits per heavy atom. The summed E-state index contributed by atoms with van der Waals surface area (Å²) >= 11 is 0. The van der Waals surface area contributed by atoms with Gasteiger partial charge >= 0.3 is 0 Å².